The summed E-state index contributed by atoms with van der Waals surface area (Å²) >= 11 is 0. The van der Waals surface area contributed by atoms with Gasteiger partial charge in [0.1, 0.15) is 6.04 Å². The first kappa shape index (κ1) is 20.5. The van der Waals surface area contributed by atoms with Gasteiger partial charge >= 0.3 is 5.97 Å². The highest BCUT2D eigenvalue weighted by atomic mass is 32.2. The number of rotatable bonds is 5. The van der Waals surface area contributed by atoms with E-state index in [1.54, 1.807) is 24.3 Å². The van der Waals surface area contributed by atoms with Gasteiger partial charge in [-0.25, -0.2) is 8.42 Å². The Morgan fingerprint density at radius 2 is 1.83 bits per heavy atom. The molecule has 0 saturated carbocycles. The number of anilines is 1. The van der Waals surface area contributed by atoms with Crippen LogP contribution in [0.4, 0.5) is 5.69 Å². The summed E-state index contributed by atoms with van der Waals surface area (Å²) in [6.07, 6.45) is 1.22. The molecule has 0 bridgehead atoms. The van der Waals surface area contributed by atoms with Gasteiger partial charge in [0.25, 0.3) is 5.91 Å². The van der Waals surface area contributed by atoms with Gasteiger partial charge in [-0.15, -0.1) is 0 Å². The Morgan fingerprint density at radius 3 is 2.45 bits per heavy atom. The van der Waals surface area contributed by atoms with E-state index in [0.29, 0.717) is 11.3 Å². The average molecular weight is 413 g/mol. The minimum Gasteiger partial charge on any atom is -0.454 e. The Kier molecular flexibility index (Phi) is 5.96. The zero-order chi connectivity index (χ0) is 21.0. The molecule has 1 N–H and O–H groups in total. The molecular weight excluding hydrogens is 394 g/mol. The van der Waals surface area contributed by atoms with Gasteiger partial charge < -0.3 is 10.1 Å². The van der Waals surface area contributed by atoms with Crippen molar-refractivity contribution in [2.75, 3.05) is 18.2 Å². The number of nitrogens with one attached hydrogen (secondary N) is 1. The van der Waals surface area contributed by atoms with Crippen LogP contribution in [0.3, 0.4) is 0 Å². The molecule has 0 aliphatic carbocycles. The van der Waals surface area contributed by atoms with Crippen LogP contribution < -0.4 is 5.32 Å². The molecule has 0 spiro atoms. The van der Waals surface area contributed by atoms with Gasteiger partial charge in [0, 0.05) is 18.7 Å². The number of nitriles is 1. The van der Waals surface area contributed by atoms with Gasteiger partial charge in [0.2, 0.25) is 10.0 Å². The summed E-state index contributed by atoms with van der Waals surface area (Å²) in [4.78, 5) is 24.6. The topological polar surface area (TPSA) is 117 Å². The summed E-state index contributed by atoms with van der Waals surface area (Å²) in [5.74, 6) is -1.34. The van der Waals surface area contributed by atoms with Crippen molar-refractivity contribution in [1.29, 1.82) is 5.26 Å². The third kappa shape index (κ3) is 4.99. The van der Waals surface area contributed by atoms with Gasteiger partial charge in [-0.3, -0.25) is 9.59 Å². The second kappa shape index (κ2) is 8.43. The molecule has 1 aliphatic heterocycles. The average Bonchev–Trinajstić information content (AvgIpc) is 2.71. The van der Waals surface area contributed by atoms with E-state index in [0.717, 1.165) is 21.7 Å². The number of hydrogen-bond donors (Lipinski definition) is 1. The van der Waals surface area contributed by atoms with Crippen molar-refractivity contribution in [1.82, 2.24) is 4.31 Å². The van der Waals surface area contributed by atoms with E-state index in [2.05, 4.69) is 5.32 Å². The fourth-order valence-electron chi connectivity index (χ4n) is 3.11. The van der Waals surface area contributed by atoms with Gasteiger partial charge in [-0.1, -0.05) is 24.3 Å². The summed E-state index contributed by atoms with van der Waals surface area (Å²) in [6, 6.07) is 14.4. The second-order valence-electron chi connectivity index (χ2n) is 6.64. The van der Waals surface area contributed by atoms with Crippen LogP contribution in [-0.2, 0) is 37.3 Å². The van der Waals surface area contributed by atoms with Gasteiger partial charge in [0.15, 0.2) is 6.61 Å². The Hall–Kier alpha value is -3.22. The Balaban J connectivity index is 1.65. The molecule has 1 aliphatic rings. The Labute approximate surface area is 168 Å². The molecule has 0 unspecified atom stereocenters. The van der Waals surface area contributed by atoms with Gasteiger partial charge in [-0.2, -0.15) is 9.57 Å². The molecule has 2 aromatic carbocycles. The van der Waals surface area contributed by atoms with Crippen molar-refractivity contribution < 1.29 is 22.7 Å². The molecule has 8 nitrogen and oxygen atoms in total. The number of esters is 1. The van der Waals surface area contributed by atoms with Crippen molar-refractivity contribution in [2.24, 2.45) is 0 Å². The fourth-order valence-corrected chi connectivity index (χ4v) is 4.10. The molecule has 1 amide bonds. The van der Waals surface area contributed by atoms with Crippen LogP contribution in [0.1, 0.15) is 16.7 Å². The minimum atomic E-state index is -3.65. The van der Waals surface area contributed by atoms with E-state index in [-0.39, 0.29) is 13.0 Å². The number of carbonyl (C=O) groups is 2. The van der Waals surface area contributed by atoms with Gasteiger partial charge in [-0.05, 0) is 35.4 Å². The number of benzene rings is 2. The fraction of sp³-hybridized carbons (Fsp3) is 0.250. The third-order valence-electron chi connectivity index (χ3n) is 4.55. The van der Waals surface area contributed by atoms with Crippen LogP contribution in [-0.4, -0.2) is 43.5 Å². The first-order valence-corrected chi connectivity index (χ1v) is 10.6. The molecule has 1 atom stereocenters. The number of fused-ring (bicyclic) bond motifs is 1. The van der Waals surface area contributed by atoms with E-state index in [4.69, 9.17) is 10.00 Å². The summed E-state index contributed by atoms with van der Waals surface area (Å²) < 4.78 is 30.5. The maximum Gasteiger partial charge on any atom is 0.325 e. The molecule has 9 heteroatoms. The van der Waals surface area contributed by atoms with Crippen molar-refractivity contribution in [2.45, 2.75) is 19.0 Å². The zero-order valence-corrected chi connectivity index (χ0v) is 16.5. The largest absolute Gasteiger partial charge is 0.454 e. The van der Waals surface area contributed by atoms with Crippen LogP contribution in [0.5, 0.6) is 0 Å². The number of hydrogen-bond acceptors (Lipinski definition) is 6. The zero-order valence-electron chi connectivity index (χ0n) is 15.7. The lowest BCUT2D eigenvalue weighted by molar-refractivity contribution is -0.151. The lowest BCUT2D eigenvalue weighted by Crippen LogP contribution is -2.49. The van der Waals surface area contributed by atoms with Crippen LogP contribution in [0.25, 0.3) is 0 Å². The normalized spacial score (nSPS) is 16.3. The van der Waals surface area contributed by atoms with Gasteiger partial charge in [0.05, 0.1) is 17.9 Å². The highest BCUT2D eigenvalue weighted by Gasteiger charge is 2.38. The first-order chi connectivity index (χ1) is 13.8. The number of ether oxygens (including phenoxy) is 1. The van der Waals surface area contributed by atoms with Crippen LogP contribution in [0.15, 0.2) is 48.5 Å². The quantitative estimate of drug-likeness (QED) is 0.741. The predicted molar refractivity (Wildman–Crippen MR) is 105 cm³/mol. The van der Waals surface area contributed by atoms with E-state index >= 15 is 0 Å². The SMILES string of the molecule is CS(=O)(=O)N1Cc2ccccc2C[C@H]1C(=O)OCC(=O)Nc1ccc(C#N)cc1. The standard InChI is InChI=1S/C20H19N3O5S/c1-29(26,27)23-12-16-5-3-2-4-15(16)10-18(23)20(25)28-13-19(24)22-17-8-6-14(11-21)7-9-17/h2-9,18H,10,12-13H2,1H3,(H,22,24)/t18-/m0/s1. The highest BCUT2D eigenvalue weighted by Crippen LogP contribution is 2.26. The summed E-state index contributed by atoms with van der Waals surface area (Å²) in [7, 11) is -3.65. The molecule has 1 heterocycles. The molecule has 0 aromatic heterocycles. The lowest BCUT2D eigenvalue weighted by Gasteiger charge is -2.33. The van der Waals surface area contributed by atoms with Crippen LogP contribution in [0.2, 0.25) is 0 Å². The smallest absolute Gasteiger partial charge is 0.325 e. The predicted octanol–water partition coefficient (Wildman–Crippen LogP) is 1.43. The molecule has 2 aromatic rings. The molecular formula is C20H19N3O5S. The van der Waals surface area contributed by atoms with Crippen molar-refractivity contribution in [3.63, 3.8) is 0 Å². The Morgan fingerprint density at radius 1 is 1.17 bits per heavy atom. The molecule has 0 radical (unpaired) electrons. The first-order valence-electron chi connectivity index (χ1n) is 8.78. The van der Waals surface area contributed by atoms with E-state index in [9.17, 15) is 18.0 Å². The van der Waals surface area contributed by atoms with E-state index in [1.807, 2.05) is 30.3 Å². The monoisotopic (exact) mass is 413 g/mol. The molecule has 0 fully saturated rings. The van der Waals surface area contributed by atoms with E-state index < -0.39 is 34.5 Å². The minimum absolute atomic E-state index is 0.0756. The highest BCUT2D eigenvalue weighted by molar-refractivity contribution is 7.88. The van der Waals surface area contributed by atoms with Crippen LogP contribution in [0, 0.1) is 11.3 Å². The number of amides is 1. The molecule has 0 saturated heterocycles. The maximum atomic E-state index is 12.6. The Bertz CT molecular complexity index is 1070. The van der Waals surface area contributed by atoms with E-state index in [1.165, 1.54) is 0 Å². The van der Waals surface area contributed by atoms with Crippen molar-refractivity contribution >= 4 is 27.6 Å². The summed E-state index contributed by atoms with van der Waals surface area (Å²) in [6.45, 7) is -0.471. The van der Waals surface area contributed by atoms with Crippen molar-refractivity contribution in [3.05, 3.63) is 65.2 Å². The molecule has 3 rings (SSSR count). The summed E-state index contributed by atoms with van der Waals surface area (Å²) in [5.41, 5.74) is 2.61. The lowest BCUT2D eigenvalue weighted by atomic mass is 9.96. The van der Waals surface area contributed by atoms with Crippen molar-refractivity contribution in [3.8, 4) is 6.07 Å². The maximum absolute atomic E-state index is 12.6. The third-order valence-corrected chi connectivity index (χ3v) is 5.78. The number of carbonyl (C=O) groups excluding carboxylic acids is 2. The molecule has 150 valence electrons. The number of sulfonamides is 1. The summed E-state index contributed by atoms with van der Waals surface area (Å²) in [5, 5.41) is 11.3. The number of nitrogens with zero attached hydrogens (tertiary/aromatic N) is 2. The second-order valence-corrected chi connectivity index (χ2v) is 8.58. The van der Waals surface area contributed by atoms with Crippen LogP contribution >= 0.6 is 0 Å². The molecule has 29 heavy (non-hydrogen) atoms.